The van der Waals surface area contributed by atoms with Gasteiger partial charge in [-0.3, -0.25) is 9.55 Å². The molecule has 5 heterocycles. The largest absolute Gasteiger partial charge is 0.381 e. The van der Waals surface area contributed by atoms with Crippen LogP contribution in [0.2, 0.25) is 0 Å². The molecule has 0 unspecified atom stereocenters. The van der Waals surface area contributed by atoms with Crippen LogP contribution in [0.4, 0.5) is 4.39 Å². The normalized spacial score (nSPS) is 15.9. The molecule has 1 aliphatic rings. The van der Waals surface area contributed by atoms with Gasteiger partial charge in [-0.25, -0.2) is 18.7 Å². The first-order valence-corrected chi connectivity index (χ1v) is 8.38. The van der Waals surface area contributed by atoms with Crippen LogP contribution in [-0.4, -0.2) is 42.3 Å². The monoisotopic (exact) mass is 354 g/mol. The van der Waals surface area contributed by atoms with E-state index in [1.807, 2.05) is 0 Å². The third-order valence-electron chi connectivity index (χ3n) is 4.78. The number of halogens is 1. The lowest BCUT2D eigenvalue weighted by atomic mass is 10.1. The number of aromatic nitrogens is 6. The van der Waals surface area contributed by atoms with Gasteiger partial charge in [-0.15, -0.1) is 0 Å². The van der Waals surface area contributed by atoms with E-state index in [1.165, 1.54) is 6.07 Å². The zero-order valence-corrected chi connectivity index (χ0v) is 13.7. The van der Waals surface area contributed by atoms with Gasteiger partial charge in [-0.2, -0.15) is 5.10 Å². The van der Waals surface area contributed by atoms with E-state index in [9.17, 15) is 9.18 Å². The van der Waals surface area contributed by atoms with Gasteiger partial charge in [0, 0.05) is 37.7 Å². The number of hydrogen-bond acceptors (Lipinski definition) is 5. The Morgan fingerprint density at radius 3 is 2.96 bits per heavy atom. The Morgan fingerprint density at radius 1 is 1.27 bits per heavy atom. The Labute approximate surface area is 146 Å². The van der Waals surface area contributed by atoms with Gasteiger partial charge in [0.25, 0.3) is 0 Å². The van der Waals surface area contributed by atoms with Gasteiger partial charge in [0.05, 0.1) is 29.0 Å². The van der Waals surface area contributed by atoms with Crippen LogP contribution < -0.4 is 5.69 Å². The van der Waals surface area contributed by atoms with Gasteiger partial charge in [0.15, 0.2) is 11.5 Å². The summed E-state index contributed by atoms with van der Waals surface area (Å²) in [4.78, 5) is 23.7. The SMILES string of the molecule is O=c1[nH]c2cc(F)c(-c3cnn4ccncc34)nc2n1C1CCOCC1. The van der Waals surface area contributed by atoms with E-state index in [1.54, 1.807) is 33.9 Å². The molecule has 0 spiro atoms. The van der Waals surface area contributed by atoms with Crippen LogP contribution in [0.1, 0.15) is 18.9 Å². The van der Waals surface area contributed by atoms with Gasteiger partial charge >= 0.3 is 5.69 Å². The number of aromatic amines is 1. The predicted octanol–water partition coefficient (Wildman–Crippen LogP) is 1.92. The number of H-pyrrole nitrogens is 1. The van der Waals surface area contributed by atoms with E-state index < -0.39 is 5.82 Å². The predicted molar refractivity (Wildman–Crippen MR) is 91.4 cm³/mol. The van der Waals surface area contributed by atoms with Crippen LogP contribution in [0.5, 0.6) is 0 Å². The Kier molecular flexibility index (Phi) is 3.35. The minimum Gasteiger partial charge on any atom is -0.381 e. The van der Waals surface area contributed by atoms with Gasteiger partial charge in [-0.1, -0.05) is 0 Å². The molecule has 1 fully saturated rings. The maximum atomic E-state index is 14.7. The molecule has 0 amide bonds. The van der Waals surface area contributed by atoms with Crippen molar-refractivity contribution in [3.8, 4) is 11.3 Å². The zero-order valence-electron chi connectivity index (χ0n) is 13.7. The van der Waals surface area contributed by atoms with Crippen molar-refractivity contribution in [3.05, 3.63) is 47.2 Å². The molecule has 8 nitrogen and oxygen atoms in total. The van der Waals surface area contributed by atoms with Gasteiger partial charge in [0.1, 0.15) is 5.69 Å². The number of rotatable bonds is 2. The highest BCUT2D eigenvalue weighted by Crippen LogP contribution is 2.29. The van der Waals surface area contributed by atoms with Crippen molar-refractivity contribution in [1.82, 2.24) is 29.1 Å². The molecule has 0 radical (unpaired) electrons. The number of ether oxygens (including phenoxy) is 1. The Morgan fingerprint density at radius 2 is 2.12 bits per heavy atom. The molecule has 1 aliphatic heterocycles. The molecule has 1 saturated heterocycles. The minimum absolute atomic E-state index is 0.0126. The Bertz CT molecular complexity index is 1170. The molecular formula is C17H15FN6O2. The van der Waals surface area contributed by atoms with Crippen LogP contribution in [0.25, 0.3) is 27.9 Å². The maximum Gasteiger partial charge on any atom is 0.327 e. The molecule has 0 atom stereocenters. The second-order valence-electron chi connectivity index (χ2n) is 6.30. The second kappa shape index (κ2) is 5.73. The highest BCUT2D eigenvalue weighted by Gasteiger charge is 2.23. The molecule has 132 valence electrons. The summed E-state index contributed by atoms with van der Waals surface area (Å²) in [6, 6.07) is 1.30. The van der Waals surface area contributed by atoms with Crippen LogP contribution >= 0.6 is 0 Å². The molecular weight excluding hydrogens is 339 g/mol. The summed E-state index contributed by atoms with van der Waals surface area (Å²) in [6.07, 6.45) is 7.90. The first-order chi connectivity index (χ1) is 12.7. The van der Waals surface area contributed by atoms with Crippen molar-refractivity contribution in [2.75, 3.05) is 13.2 Å². The molecule has 0 aliphatic carbocycles. The summed E-state index contributed by atoms with van der Waals surface area (Å²) in [7, 11) is 0. The average molecular weight is 354 g/mol. The third kappa shape index (κ3) is 2.24. The van der Waals surface area contributed by atoms with E-state index in [2.05, 4.69) is 20.1 Å². The number of hydrogen-bond donors (Lipinski definition) is 1. The van der Waals surface area contributed by atoms with E-state index in [0.29, 0.717) is 35.5 Å². The Hall–Kier alpha value is -3.07. The van der Waals surface area contributed by atoms with Crippen molar-refractivity contribution in [1.29, 1.82) is 0 Å². The standard InChI is InChI=1S/C17H15FN6O2/c18-12-7-13-16(24(17(25)21-13)10-1-5-26-6-2-10)22-15(12)11-8-20-23-4-3-19-9-14(11)23/h3-4,7-10H,1-2,5-6H2,(H,21,25). The molecule has 0 saturated carbocycles. The first kappa shape index (κ1) is 15.2. The van der Waals surface area contributed by atoms with E-state index >= 15 is 0 Å². The Balaban J connectivity index is 1.74. The fourth-order valence-electron chi connectivity index (χ4n) is 3.51. The fourth-order valence-corrected chi connectivity index (χ4v) is 3.51. The summed E-state index contributed by atoms with van der Waals surface area (Å²) in [6.45, 7) is 1.19. The van der Waals surface area contributed by atoms with Gasteiger partial charge < -0.3 is 9.72 Å². The summed E-state index contributed by atoms with van der Waals surface area (Å²) >= 11 is 0. The summed E-state index contributed by atoms with van der Waals surface area (Å²) < 4.78 is 23.3. The summed E-state index contributed by atoms with van der Waals surface area (Å²) in [5.74, 6) is -0.517. The topological polar surface area (TPSA) is 90.1 Å². The lowest BCUT2D eigenvalue weighted by Gasteiger charge is -2.22. The number of nitrogens with zero attached hydrogens (tertiary/aromatic N) is 5. The highest BCUT2D eigenvalue weighted by atomic mass is 19.1. The fraction of sp³-hybridized carbons (Fsp3) is 0.294. The van der Waals surface area contributed by atoms with Crippen molar-refractivity contribution in [2.45, 2.75) is 18.9 Å². The lowest BCUT2D eigenvalue weighted by Crippen LogP contribution is -2.27. The van der Waals surface area contributed by atoms with Crippen molar-refractivity contribution in [3.63, 3.8) is 0 Å². The second-order valence-corrected chi connectivity index (χ2v) is 6.30. The smallest absolute Gasteiger partial charge is 0.327 e. The van der Waals surface area contributed by atoms with Crippen molar-refractivity contribution >= 4 is 16.7 Å². The first-order valence-electron chi connectivity index (χ1n) is 8.38. The summed E-state index contributed by atoms with van der Waals surface area (Å²) in [5.41, 5.74) is 1.88. The number of imidazole rings is 1. The molecule has 0 bridgehead atoms. The minimum atomic E-state index is -0.517. The number of nitrogens with one attached hydrogen (secondary N) is 1. The zero-order chi connectivity index (χ0) is 17.7. The molecule has 9 heteroatoms. The molecule has 1 N–H and O–H groups in total. The quantitative estimate of drug-likeness (QED) is 0.594. The van der Waals surface area contributed by atoms with E-state index in [0.717, 1.165) is 12.8 Å². The summed E-state index contributed by atoms with van der Waals surface area (Å²) in [5, 5.41) is 4.21. The molecule has 26 heavy (non-hydrogen) atoms. The number of pyridine rings is 1. The third-order valence-corrected chi connectivity index (χ3v) is 4.78. The average Bonchev–Trinajstić information content (AvgIpc) is 3.21. The van der Waals surface area contributed by atoms with Gasteiger partial charge in [-0.05, 0) is 12.8 Å². The maximum absolute atomic E-state index is 14.7. The molecule has 4 aromatic rings. The molecule has 5 rings (SSSR count). The number of fused-ring (bicyclic) bond motifs is 2. The molecule has 0 aromatic carbocycles. The van der Waals surface area contributed by atoms with Crippen LogP contribution in [0.3, 0.4) is 0 Å². The highest BCUT2D eigenvalue weighted by molar-refractivity contribution is 5.82. The van der Waals surface area contributed by atoms with Crippen molar-refractivity contribution in [2.24, 2.45) is 0 Å². The van der Waals surface area contributed by atoms with E-state index in [-0.39, 0.29) is 17.4 Å². The van der Waals surface area contributed by atoms with Crippen molar-refractivity contribution < 1.29 is 9.13 Å². The van der Waals surface area contributed by atoms with Crippen LogP contribution in [0, 0.1) is 5.82 Å². The lowest BCUT2D eigenvalue weighted by molar-refractivity contribution is 0.0697. The van der Waals surface area contributed by atoms with Gasteiger partial charge in [0.2, 0.25) is 0 Å². The molecule has 4 aromatic heterocycles. The van der Waals surface area contributed by atoms with Crippen LogP contribution in [0.15, 0.2) is 35.6 Å². The van der Waals surface area contributed by atoms with Crippen LogP contribution in [-0.2, 0) is 4.74 Å². The van der Waals surface area contributed by atoms with E-state index in [4.69, 9.17) is 4.74 Å².